The summed E-state index contributed by atoms with van der Waals surface area (Å²) in [6.45, 7) is 5.43. The maximum atomic E-state index is 12.5. The molecule has 1 aromatic rings. The summed E-state index contributed by atoms with van der Waals surface area (Å²) in [4.78, 5) is 0.363. The third-order valence-electron chi connectivity index (χ3n) is 3.07. The Hall–Kier alpha value is -0.910. The van der Waals surface area contributed by atoms with Crippen LogP contribution in [0.25, 0.3) is 0 Å². The molecule has 5 heteroatoms. The van der Waals surface area contributed by atoms with Gasteiger partial charge in [-0.05, 0) is 32.4 Å². The number of benzene rings is 1. The Morgan fingerprint density at radius 3 is 2.61 bits per heavy atom. The van der Waals surface area contributed by atoms with E-state index in [1.54, 1.807) is 12.1 Å². The van der Waals surface area contributed by atoms with Crippen LogP contribution in [-0.2, 0) is 14.8 Å². The van der Waals surface area contributed by atoms with Gasteiger partial charge >= 0.3 is 0 Å². The highest BCUT2D eigenvalue weighted by molar-refractivity contribution is 7.89. The van der Waals surface area contributed by atoms with Crippen molar-refractivity contribution in [1.29, 1.82) is 0 Å². The molecule has 1 fully saturated rings. The average molecular weight is 269 g/mol. The summed E-state index contributed by atoms with van der Waals surface area (Å²) >= 11 is 0. The minimum Gasteiger partial charge on any atom is -0.377 e. The SMILES string of the molecule is Cc1ccc(S(=O)(=O)N2CCCOC(C)C2)cc1. The zero-order valence-corrected chi connectivity index (χ0v) is 11.6. The van der Waals surface area contributed by atoms with Crippen LogP contribution in [-0.4, -0.2) is 38.5 Å². The van der Waals surface area contributed by atoms with Gasteiger partial charge in [-0.25, -0.2) is 8.42 Å². The molecule has 0 N–H and O–H groups in total. The van der Waals surface area contributed by atoms with Gasteiger partial charge < -0.3 is 4.74 Å². The maximum Gasteiger partial charge on any atom is 0.243 e. The molecule has 1 aliphatic heterocycles. The number of hydrogen-bond donors (Lipinski definition) is 0. The molecule has 100 valence electrons. The zero-order valence-electron chi connectivity index (χ0n) is 10.8. The van der Waals surface area contributed by atoms with Gasteiger partial charge in [-0.1, -0.05) is 17.7 Å². The second kappa shape index (κ2) is 5.38. The molecule has 0 radical (unpaired) electrons. The molecule has 1 atom stereocenters. The standard InChI is InChI=1S/C13H19NO3S/c1-11-4-6-13(7-5-11)18(15,16)14-8-3-9-17-12(2)10-14/h4-7,12H,3,8-10H2,1-2H3. The van der Waals surface area contributed by atoms with Gasteiger partial charge in [0.05, 0.1) is 11.0 Å². The molecule has 18 heavy (non-hydrogen) atoms. The number of sulfonamides is 1. The molecule has 0 aliphatic carbocycles. The molecule has 1 aromatic carbocycles. The third-order valence-corrected chi connectivity index (χ3v) is 4.95. The largest absolute Gasteiger partial charge is 0.377 e. The first kappa shape index (κ1) is 13.5. The normalized spacial score (nSPS) is 22.7. The fourth-order valence-electron chi connectivity index (χ4n) is 2.03. The van der Waals surface area contributed by atoms with Crippen LogP contribution >= 0.6 is 0 Å². The van der Waals surface area contributed by atoms with Crippen LogP contribution in [0.15, 0.2) is 29.2 Å². The minimum absolute atomic E-state index is 0.0484. The van der Waals surface area contributed by atoms with E-state index in [1.807, 2.05) is 26.0 Å². The molecule has 4 nitrogen and oxygen atoms in total. The summed E-state index contributed by atoms with van der Waals surface area (Å²) < 4.78 is 31.9. The van der Waals surface area contributed by atoms with E-state index < -0.39 is 10.0 Å². The van der Waals surface area contributed by atoms with Crippen LogP contribution in [0, 0.1) is 6.92 Å². The van der Waals surface area contributed by atoms with Gasteiger partial charge in [-0.3, -0.25) is 0 Å². The van der Waals surface area contributed by atoms with Crippen molar-refractivity contribution < 1.29 is 13.2 Å². The predicted molar refractivity (Wildman–Crippen MR) is 70.0 cm³/mol. The summed E-state index contributed by atoms with van der Waals surface area (Å²) in [6, 6.07) is 6.98. The molecule has 0 bridgehead atoms. The van der Waals surface area contributed by atoms with Crippen molar-refractivity contribution in [2.75, 3.05) is 19.7 Å². The van der Waals surface area contributed by atoms with Crippen molar-refractivity contribution in [1.82, 2.24) is 4.31 Å². The summed E-state index contributed by atoms with van der Waals surface area (Å²) in [5.74, 6) is 0. The van der Waals surface area contributed by atoms with Crippen LogP contribution in [0.1, 0.15) is 18.9 Å². The lowest BCUT2D eigenvalue weighted by Crippen LogP contribution is -2.35. The topological polar surface area (TPSA) is 46.6 Å². The van der Waals surface area contributed by atoms with Gasteiger partial charge in [0.2, 0.25) is 10.0 Å². The Labute approximate surface area is 109 Å². The highest BCUT2D eigenvalue weighted by Crippen LogP contribution is 2.19. The smallest absolute Gasteiger partial charge is 0.243 e. The van der Waals surface area contributed by atoms with Crippen molar-refractivity contribution in [3.8, 4) is 0 Å². The molecular weight excluding hydrogens is 250 g/mol. The molecule has 0 spiro atoms. The van der Waals surface area contributed by atoms with Crippen LogP contribution in [0.5, 0.6) is 0 Å². The first-order valence-corrected chi connectivity index (χ1v) is 7.62. The van der Waals surface area contributed by atoms with Crippen molar-refractivity contribution in [3.05, 3.63) is 29.8 Å². The lowest BCUT2D eigenvalue weighted by atomic mass is 10.2. The molecule has 0 saturated carbocycles. The molecule has 1 heterocycles. The lowest BCUT2D eigenvalue weighted by Gasteiger charge is -2.21. The molecule has 1 aliphatic rings. The molecule has 2 rings (SSSR count). The van der Waals surface area contributed by atoms with E-state index in [9.17, 15) is 8.42 Å². The second-order valence-corrected chi connectivity index (χ2v) is 6.65. The van der Waals surface area contributed by atoms with Gasteiger partial charge in [-0.15, -0.1) is 0 Å². The van der Waals surface area contributed by atoms with E-state index >= 15 is 0 Å². The maximum absolute atomic E-state index is 12.5. The number of hydrogen-bond acceptors (Lipinski definition) is 3. The third kappa shape index (κ3) is 2.91. The van der Waals surface area contributed by atoms with Crippen LogP contribution in [0.4, 0.5) is 0 Å². The van der Waals surface area contributed by atoms with E-state index in [0.29, 0.717) is 24.6 Å². The number of nitrogens with zero attached hydrogens (tertiary/aromatic N) is 1. The van der Waals surface area contributed by atoms with Gasteiger partial charge in [-0.2, -0.15) is 4.31 Å². The van der Waals surface area contributed by atoms with E-state index in [4.69, 9.17) is 4.74 Å². The van der Waals surface area contributed by atoms with Gasteiger partial charge in [0, 0.05) is 19.7 Å². The highest BCUT2D eigenvalue weighted by Gasteiger charge is 2.27. The fourth-order valence-corrected chi connectivity index (χ4v) is 3.59. The van der Waals surface area contributed by atoms with E-state index in [2.05, 4.69) is 0 Å². The van der Waals surface area contributed by atoms with Crippen molar-refractivity contribution in [2.45, 2.75) is 31.3 Å². The van der Waals surface area contributed by atoms with Crippen molar-refractivity contribution in [3.63, 3.8) is 0 Å². The summed E-state index contributed by atoms with van der Waals surface area (Å²) in [5, 5.41) is 0. The van der Waals surface area contributed by atoms with Gasteiger partial charge in [0.15, 0.2) is 0 Å². The monoisotopic (exact) mass is 269 g/mol. The summed E-state index contributed by atoms with van der Waals surface area (Å²) in [5.41, 5.74) is 1.06. The average Bonchev–Trinajstić information content (AvgIpc) is 2.55. The summed E-state index contributed by atoms with van der Waals surface area (Å²) in [6.07, 6.45) is 0.697. The molecular formula is C13H19NO3S. The highest BCUT2D eigenvalue weighted by atomic mass is 32.2. The van der Waals surface area contributed by atoms with Gasteiger partial charge in [0.1, 0.15) is 0 Å². The first-order valence-electron chi connectivity index (χ1n) is 6.18. The predicted octanol–water partition coefficient (Wildman–Crippen LogP) is 1.79. The Bertz CT molecular complexity index is 495. The second-order valence-electron chi connectivity index (χ2n) is 4.71. The van der Waals surface area contributed by atoms with Gasteiger partial charge in [0.25, 0.3) is 0 Å². The van der Waals surface area contributed by atoms with Crippen LogP contribution < -0.4 is 0 Å². The Balaban J connectivity index is 2.26. The Morgan fingerprint density at radius 2 is 1.94 bits per heavy atom. The van der Waals surface area contributed by atoms with E-state index in [0.717, 1.165) is 12.0 Å². The van der Waals surface area contributed by atoms with Crippen LogP contribution in [0.2, 0.25) is 0 Å². The Kier molecular flexibility index (Phi) is 4.04. The molecule has 1 saturated heterocycles. The molecule has 0 aromatic heterocycles. The zero-order chi connectivity index (χ0) is 13.2. The van der Waals surface area contributed by atoms with Crippen molar-refractivity contribution in [2.24, 2.45) is 0 Å². The summed E-state index contributed by atoms with van der Waals surface area (Å²) in [7, 11) is -3.38. The number of rotatable bonds is 2. The minimum atomic E-state index is -3.38. The molecule has 0 amide bonds. The fraction of sp³-hybridized carbons (Fsp3) is 0.538. The van der Waals surface area contributed by atoms with E-state index in [-0.39, 0.29) is 6.10 Å². The van der Waals surface area contributed by atoms with E-state index in [1.165, 1.54) is 4.31 Å². The van der Waals surface area contributed by atoms with Crippen LogP contribution in [0.3, 0.4) is 0 Å². The number of ether oxygens (including phenoxy) is 1. The quantitative estimate of drug-likeness (QED) is 0.822. The Morgan fingerprint density at radius 1 is 1.28 bits per heavy atom. The first-order chi connectivity index (χ1) is 8.50. The lowest BCUT2D eigenvalue weighted by molar-refractivity contribution is 0.0752. The molecule has 1 unspecified atom stereocenters. The number of aryl methyl sites for hydroxylation is 1. The van der Waals surface area contributed by atoms with Crippen molar-refractivity contribution >= 4 is 10.0 Å².